The minimum absolute atomic E-state index is 0.195. The lowest BCUT2D eigenvalue weighted by Crippen LogP contribution is -2.18. The van der Waals surface area contributed by atoms with E-state index in [0.29, 0.717) is 6.04 Å². The molecule has 0 aliphatic rings. The van der Waals surface area contributed by atoms with Gasteiger partial charge in [-0.25, -0.2) is 4.98 Å². The maximum absolute atomic E-state index is 4.17. The van der Waals surface area contributed by atoms with Crippen LogP contribution < -0.4 is 0 Å². The van der Waals surface area contributed by atoms with Gasteiger partial charge in [0.2, 0.25) is 0 Å². The minimum Gasteiger partial charge on any atom is -0.332 e. The Morgan fingerprint density at radius 1 is 1.33 bits per heavy atom. The molecule has 2 nitrogen and oxygen atoms in total. The lowest BCUT2D eigenvalue weighted by molar-refractivity contribution is 0.484. The van der Waals surface area contributed by atoms with Crippen molar-refractivity contribution >= 4 is 0 Å². The molecule has 0 saturated heterocycles. The van der Waals surface area contributed by atoms with Crippen molar-refractivity contribution in [2.45, 2.75) is 46.1 Å². The van der Waals surface area contributed by atoms with Crippen LogP contribution in [0.4, 0.5) is 0 Å². The van der Waals surface area contributed by atoms with Crippen molar-refractivity contribution in [2.24, 2.45) is 0 Å². The first kappa shape index (κ1) is 9.30. The molecule has 68 valence electrons. The van der Waals surface area contributed by atoms with E-state index in [-0.39, 0.29) is 5.41 Å². The van der Waals surface area contributed by atoms with Gasteiger partial charge in [0.25, 0.3) is 0 Å². The normalized spacial score (nSPS) is 12.5. The number of aromatic nitrogens is 2. The Bertz CT molecular complexity index is 253. The average molecular weight is 166 g/mol. The van der Waals surface area contributed by atoms with E-state index in [0.717, 1.165) is 0 Å². The van der Waals surface area contributed by atoms with Crippen LogP contribution in [0.3, 0.4) is 0 Å². The predicted octanol–water partition coefficient (Wildman–Crippen LogP) is 2.76. The van der Waals surface area contributed by atoms with Crippen LogP contribution in [-0.2, 0) is 5.41 Å². The summed E-state index contributed by atoms with van der Waals surface area (Å²) >= 11 is 0. The Morgan fingerprint density at radius 3 is 2.25 bits per heavy atom. The van der Waals surface area contributed by atoms with E-state index >= 15 is 0 Å². The highest BCUT2D eigenvalue weighted by atomic mass is 15.1. The second kappa shape index (κ2) is 2.92. The van der Waals surface area contributed by atoms with Crippen LogP contribution in [0.25, 0.3) is 0 Å². The second-order valence-corrected chi connectivity index (χ2v) is 4.53. The molecule has 0 aliphatic carbocycles. The van der Waals surface area contributed by atoms with Gasteiger partial charge in [-0.3, -0.25) is 0 Å². The maximum Gasteiger partial charge on any atom is 0.0950 e. The monoisotopic (exact) mass is 166 g/mol. The molecule has 0 spiro atoms. The zero-order chi connectivity index (χ0) is 9.35. The molecule has 0 saturated carbocycles. The van der Waals surface area contributed by atoms with Gasteiger partial charge in [0.15, 0.2) is 0 Å². The van der Waals surface area contributed by atoms with Crippen LogP contribution in [0.1, 0.15) is 46.4 Å². The summed E-state index contributed by atoms with van der Waals surface area (Å²) in [6.45, 7) is 11.0. The Morgan fingerprint density at radius 2 is 1.92 bits per heavy atom. The molecule has 1 rings (SSSR count). The molecule has 0 aliphatic heterocycles. The molecule has 2 heteroatoms. The quantitative estimate of drug-likeness (QED) is 0.627. The molecule has 0 bridgehead atoms. The third-order valence-corrected chi connectivity index (χ3v) is 1.99. The van der Waals surface area contributed by atoms with Crippen LogP contribution in [0.15, 0.2) is 12.5 Å². The molecule has 1 aromatic heterocycles. The van der Waals surface area contributed by atoms with Crippen molar-refractivity contribution in [1.29, 1.82) is 0 Å². The van der Waals surface area contributed by atoms with Gasteiger partial charge in [0.1, 0.15) is 0 Å². The molecule has 12 heavy (non-hydrogen) atoms. The SMILES string of the molecule is CC(C)n1cncc1C(C)(C)C. The number of hydrogen-bond acceptors (Lipinski definition) is 1. The van der Waals surface area contributed by atoms with Gasteiger partial charge in [-0.1, -0.05) is 20.8 Å². The third kappa shape index (κ3) is 1.68. The number of hydrogen-bond donors (Lipinski definition) is 0. The number of nitrogens with zero attached hydrogens (tertiary/aromatic N) is 2. The van der Waals surface area contributed by atoms with Crippen molar-refractivity contribution in [3.05, 3.63) is 18.2 Å². The summed E-state index contributed by atoms with van der Waals surface area (Å²) in [7, 11) is 0. The highest BCUT2D eigenvalue weighted by molar-refractivity contribution is 5.11. The van der Waals surface area contributed by atoms with Crippen LogP contribution >= 0.6 is 0 Å². The van der Waals surface area contributed by atoms with Crippen molar-refractivity contribution < 1.29 is 0 Å². The van der Waals surface area contributed by atoms with Gasteiger partial charge in [0.05, 0.1) is 6.33 Å². The molecular weight excluding hydrogens is 148 g/mol. The Hall–Kier alpha value is -0.790. The molecule has 0 fully saturated rings. The first-order valence-electron chi connectivity index (χ1n) is 4.45. The fraction of sp³-hybridized carbons (Fsp3) is 0.700. The van der Waals surface area contributed by atoms with E-state index in [1.807, 2.05) is 12.5 Å². The second-order valence-electron chi connectivity index (χ2n) is 4.53. The fourth-order valence-corrected chi connectivity index (χ4v) is 1.30. The zero-order valence-electron chi connectivity index (χ0n) is 8.63. The molecular formula is C10H18N2. The Labute approximate surface area is 74.6 Å². The summed E-state index contributed by atoms with van der Waals surface area (Å²) in [5.41, 5.74) is 1.50. The van der Waals surface area contributed by atoms with E-state index < -0.39 is 0 Å². The van der Waals surface area contributed by atoms with E-state index in [2.05, 4.69) is 44.2 Å². The molecule has 1 aromatic rings. The van der Waals surface area contributed by atoms with Crippen molar-refractivity contribution in [2.75, 3.05) is 0 Å². The minimum atomic E-state index is 0.195. The smallest absolute Gasteiger partial charge is 0.0950 e. The highest BCUT2D eigenvalue weighted by Gasteiger charge is 2.19. The lowest BCUT2D eigenvalue weighted by Gasteiger charge is -2.22. The van der Waals surface area contributed by atoms with Gasteiger partial charge >= 0.3 is 0 Å². The van der Waals surface area contributed by atoms with E-state index in [1.54, 1.807) is 0 Å². The summed E-state index contributed by atoms with van der Waals surface area (Å²) in [6, 6.07) is 0.502. The molecule has 0 atom stereocenters. The fourth-order valence-electron chi connectivity index (χ4n) is 1.30. The van der Waals surface area contributed by atoms with Gasteiger partial charge in [-0.15, -0.1) is 0 Å². The Kier molecular flexibility index (Phi) is 2.27. The van der Waals surface area contributed by atoms with Crippen molar-refractivity contribution in [3.63, 3.8) is 0 Å². The van der Waals surface area contributed by atoms with Crippen molar-refractivity contribution in [1.82, 2.24) is 9.55 Å². The first-order chi connectivity index (χ1) is 5.43. The van der Waals surface area contributed by atoms with Gasteiger partial charge in [0, 0.05) is 23.3 Å². The summed E-state index contributed by atoms with van der Waals surface area (Å²) in [5, 5.41) is 0. The maximum atomic E-state index is 4.17. The molecule has 0 amide bonds. The summed E-state index contributed by atoms with van der Waals surface area (Å²) < 4.78 is 2.22. The predicted molar refractivity (Wildman–Crippen MR) is 51.3 cm³/mol. The topological polar surface area (TPSA) is 17.8 Å². The zero-order valence-corrected chi connectivity index (χ0v) is 8.63. The Balaban J connectivity index is 3.08. The molecule has 0 radical (unpaired) electrons. The van der Waals surface area contributed by atoms with E-state index in [9.17, 15) is 0 Å². The largest absolute Gasteiger partial charge is 0.332 e. The molecule has 0 N–H and O–H groups in total. The van der Waals surface area contributed by atoms with Crippen LogP contribution in [0.5, 0.6) is 0 Å². The summed E-state index contributed by atoms with van der Waals surface area (Å²) in [6.07, 6.45) is 3.87. The van der Waals surface area contributed by atoms with Crippen LogP contribution in [0.2, 0.25) is 0 Å². The molecule has 0 unspecified atom stereocenters. The lowest BCUT2D eigenvalue weighted by atomic mass is 9.92. The van der Waals surface area contributed by atoms with Crippen molar-refractivity contribution in [3.8, 4) is 0 Å². The van der Waals surface area contributed by atoms with Crippen LogP contribution in [-0.4, -0.2) is 9.55 Å². The van der Waals surface area contributed by atoms with Crippen LogP contribution in [0, 0.1) is 0 Å². The van der Waals surface area contributed by atoms with Gasteiger partial charge in [-0.2, -0.15) is 0 Å². The number of imidazole rings is 1. The van der Waals surface area contributed by atoms with E-state index in [4.69, 9.17) is 0 Å². The first-order valence-corrected chi connectivity index (χ1v) is 4.45. The third-order valence-electron chi connectivity index (χ3n) is 1.99. The highest BCUT2D eigenvalue weighted by Crippen LogP contribution is 2.23. The molecule has 0 aromatic carbocycles. The summed E-state index contributed by atoms with van der Waals surface area (Å²) in [4.78, 5) is 4.17. The van der Waals surface area contributed by atoms with Gasteiger partial charge in [-0.05, 0) is 13.8 Å². The number of rotatable bonds is 1. The van der Waals surface area contributed by atoms with Gasteiger partial charge < -0.3 is 4.57 Å². The average Bonchev–Trinajstić information content (AvgIpc) is 2.30. The molecule has 1 heterocycles. The summed E-state index contributed by atoms with van der Waals surface area (Å²) in [5.74, 6) is 0. The van der Waals surface area contributed by atoms with E-state index in [1.165, 1.54) is 5.69 Å². The standard InChI is InChI=1S/C10H18N2/c1-8(2)12-7-11-6-9(12)10(3,4)5/h6-8H,1-5H3.